The van der Waals surface area contributed by atoms with Crippen molar-refractivity contribution < 1.29 is 14.3 Å². The second kappa shape index (κ2) is 7.04. The summed E-state index contributed by atoms with van der Waals surface area (Å²) in [7, 11) is 0. The molecule has 0 aromatic heterocycles. The molecule has 25 heavy (non-hydrogen) atoms. The minimum Gasteiger partial charge on any atom is -0.448 e. The molecule has 134 valence electrons. The van der Waals surface area contributed by atoms with Crippen LogP contribution in [0.1, 0.15) is 37.3 Å². The van der Waals surface area contributed by atoms with Crippen molar-refractivity contribution in [2.75, 3.05) is 26.2 Å². The number of likely N-dealkylation sites (tertiary alicyclic amines) is 1. The Morgan fingerprint density at radius 3 is 2.48 bits per heavy atom. The van der Waals surface area contributed by atoms with E-state index in [4.69, 9.17) is 4.74 Å². The molecule has 4 rings (SSSR count). The van der Waals surface area contributed by atoms with Crippen LogP contribution in [0.4, 0.5) is 4.79 Å². The molecule has 0 aliphatic carbocycles. The Balaban J connectivity index is 1.30. The highest BCUT2D eigenvalue weighted by atomic mass is 16.6. The second-order valence-corrected chi connectivity index (χ2v) is 7.12. The molecule has 6 heteroatoms. The molecule has 2 amide bonds. The fourth-order valence-electron chi connectivity index (χ4n) is 4.24. The molecule has 1 N–H and O–H groups in total. The standard InChI is InChI=1S/C19H25N3O3/c23-18(17-7-6-16(20-17)14-4-2-1-3-5-14)21-10-8-15(9-11-21)22-12-13-25-19(22)24/h1-5,15-17,20H,6-13H2/t16-,17-/m1/s1. The molecule has 1 aromatic carbocycles. The summed E-state index contributed by atoms with van der Waals surface area (Å²) in [6.07, 6.45) is 3.37. The third-order valence-corrected chi connectivity index (χ3v) is 5.66. The smallest absolute Gasteiger partial charge is 0.410 e. The zero-order valence-electron chi connectivity index (χ0n) is 14.4. The van der Waals surface area contributed by atoms with Gasteiger partial charge in [-0.1, -0.05) is 30.3 Å². The molecule has 6 nitrogen and oxygen atoms in total. The average molecular weight is 343 g/mol. The van der Waals surface area contributed by atoms with E-state index in [0.29, 0.717) is 13.2 Å². The number of cyclic esters (lactones) is 1. The molecule has 3 aliphatic rings. The van der Waals surface area contributed by atoms with E-state index < -0.39 is 0 Å². The van der Waals surface area contributed by atoms with E-state index in [1.165, 1.54) is 5.56 Å². The van der Waals surface area contributed by atoms with Crippen molar-refractivity contribution in [2.45, 2.75) is 43.8 Å². The lowest BCUT2D eigenvalue weighted by Crippen LogP contribution is -2.51. The fraction of sp³-hybridized carbons (Fsp3) is 0.579. The van der Waals surface area contributed by atoms with Crippen LogP contribution in [0.3, 0.4) is 0 Å². The van der Waals surface area contributed by atoms with E-state index >= 15 is 0 Å². The monoisotopic (exact) mass is 343 g/mol. The second-order valence-electron chi connectivity index (χ2n) is 7.12. The number of nitrogens with one attached hydrogen (secondary N) is 1. The van der Waals surface area contributed by atoms with Gasteiger partial charge in [-0.3, -0.25) is 10.1 Å². The molecule has 3 fully saturated rings. The highest BCUT2D eigenvalue weighted by molar-refractivity contribution is 5.82. The van der Waals surface area contributed by atoms with E-state index in [-0.39, 0.29) is 30.1 Å². The Kier molecular flexibility index (Phi) is 4.61. The van der Waals surface area contributed by atoms with Crippen LogP contribution in [-0.4, -0.2) is 60.1 Å². The minimum atomic E-state index is -0.201. The van der Waals surface area contributed by atoms with Gasteiger partial charge in [-0.25, -0.2) is 4.79 Å². The van der Waals surface area contributed by atoms with Crippen molar-refractivity contribution in [2.24, 2.45) is 0 Å². The molecule has 3 aliphatic heterocycles. The summed E-state index contributed by atoms with van der Waals surface area (Å²) in [5.74, 6) is 0.209. The molecule has 3 heterocycles. The Morgan fingerprint density at radius 1 is 1.04 bits per heavy atom. The first kappa shape index (κ1) is 16.4. The molecule has 0 spiro atoms. The lowest BCUT2D eigenvalue weighted by molar-refractivity contribution is -0.134. The van der Waals surface area contributed by atoms with Gasteiger partial charge in [0, 0.05) is 25.2 Å². The maximum atomic E-state index is 12.8. The van der Waals surface area contributed by atoms with Crippen LogP contribution < -0.4 is 5.32 Å². The number of hydrogen-bond acceptors (Lipinski definition) is 4. The average Bonchev–Trinajstić information content (AvgIpc) is 3.31. The van der Waals surface area contributed by atoms with Crippen LogP contribution in [0, 0.1) is 0 Å². The number of hydrogen-bond donors (Lipinski definition) is 1. The van der Waals surface area contributed by atoms with Gasteiger partial charge in [0.05, 0.1) is 12.6 Å². The van der Waals surface area contributed by atoms with Gasteiger partial charge >= 0.3 is 6.09 Å². The van der Waals surface area contributed by atoms with Crippen molar-refractivity contribution in [1.29, 1.82) is 0 Å². The summed E-state index contributed by atoms with van der Waals surface area (Å²) in [4.78, 5) is 28.3. The first-order valence-corrected chi connectivity index (χ1v) is 9.25. The third kappa shape index (κ3) is 3.35. The number of amides is 2. The third-order valence-electron chi connectivity index (χ3n) is 5.66. The number of rotatable bonds is 3. The van der Waals surface area contributed by atoms with E-state index in [0.717, 1.165) is 38.8 Å². The van der Waals surface area contributed by atoms with Gasteiger partial charge in [-0.15, -0.1) is 0 Å². The Hall–Kier alpha value is -2.08. The molecule has 2 atom stereocenters. The van der Waals surface area contributed by atoms with Crippen molar-refractivity contribution in [3.63, 3.8) is 0 Å². The molecule has 0 saturated carbocycles. The van der Waals surface area contributed by atoms with Gasteiger partial charge in [0.1, 0.15) is 6.61 Å². The van der Waals surface area contributed by atoms with Gasteiger partial charge < -0.3 is 14.5 Å². The minimum absolute atomic E-state index is 0.0847. The number of nitrogens with zero attached hydrogens (tertiary/aromatic N) is 2. The summed E-state index contributed by atoms with van der Waals surface area (Å²) in [6, 6.07) is 10.7. The van der Waals surface area contributed by atoms with Gasteiger partial charge in [0.2, 0.25) is 5.91 Å². The molecule has 0 bridgehead atoms. The number of piperidine rings is 1. The van der Waals surface area contributed by atoms with Crippen molar-refractivity contribution >= 4 is 12.0 Å². The van der Waals surface area contributed by atoms with Crippen LogP contribution in [0.15, 0.2) is 30.3 Å². The van der Waals surface area contributed by atoms with Crippen LogP contribution in [-0.2, 0) is 9.53 Å². The maximum Gasteiger partial charge on any atom is 0.410 e. The van der Waals surface area contributed by atoms with Gasteiger partial charge in [0.15, 0.2) is 0 Å². The summed E-state index contributed by atoms with van der Waals surface area (Å²) in [5, 5.41) is 3.50. The summed E-state index contributed by atoms with van der Waals surface area (Å²) >= 11 is 0. The first-order valence-electron chi connectivity index (χ1n) is 9.25. The zero-order chi connectivity index (χ0) is 17.2. The highest BCUT2D eigenvalue weighted by Gasteiger charge is 2.36. The van der Waals surface area contributed by atoms with Crippen molar-refractivity contribution in [3.05, 3.63) is 35.9 Å². The normalized spacial score (nSPS) is 27.6. The number of benzene rings is 1. The van der Waals surface area contributed by atoms with Crippen LogP contribution in [0.2, 0.25) is 0 Å². The fourth-order valence-corrected chi connectivity index (χ4v) is 4.24. The van der Waals surface area contributed by atoms with Crippen molar-refractivity contribution in [3.8, 4) is 0 Å². The van der Waals surface area contributed by atoms with E-state index in [9.17, 15) is 9.59 Å². The molecule has 1 aromatic rings. The quantitative estimate of drug-likeness (QED) is 0.911. The van der Waals surface area contributed by atoms with Gasteiger partial charge in [0.25, 0.3) is 0 Å². The lowest BCUT2D eigenvalue weighted by atomic mass is 10.0. The molecular formula is C19H25N3O3. The van der Waals surface area contributed by atoms with Crippen LogP contribution in [0.5, 0.6) is 0 Å². The molecule has 3 saturated heterocycles. The van der Waals surface area contributed by atoms with Crippen molar-refractivity contribution in [1.82, 2.24) is 15.1 Å². The topological polar surface area (TPSA) is 61.9 Å². The predicted molar refractivity (Wildman–Crippen MR) is 93.0 cm³/mol. The van der Waals surface area contributed by atoms with E-state index in [2.05, 4.69) is 17.4 Å². The Labute approximate surface area is 148 Å². The van der Waals surface area contributed by atoms with Crippen LogP contribution >= 0.6 is 0 Å². The molecule has 0 radical (unpaired) electrons. The molecule has 0 unspecified atom stereocenters. The van der Waals surface area contributed by atoms with E-state index in [1.54, 1.807) is 0 Å². The first-order chi connectivity index (χ1) is 12.2. The highest BCUT2D eigenvalue weighted by Crippen LogP contribution is 2.28. The zero-order valence-corrected chi connectivity index (χ0v) is 14.4. The van der Waals surface area contributed by atoms with Gasteiger partial charge in [-0.2, -0.15) is 0 Å². The predicted octanol–water partition coefficient (Wildman–Crippen LogP) is 1.92. The van der Waals surface area contributed by atoms with Crippen LogP contribution in [0.25, 0.3) is 0 Å². The summed E-state index contributed by atoms with van der Waals surface area (Å²) in [5.41, 5.74) is 1.25. The summed E-state index contributed by atoms with van der Waals surface area (Å²) in [6.45, 7) is 2.62. The summed E-state index contributed by atoms with van der Waals surface area (Å²) < 4.78 is 5.02. The SMILES string of the molecule is O=C([C@H]1CC[C@H](c2ccccc2)N1)N1CCC(N2CCOC2=O)CC1. The van der Waals surface area contributed by atoms with Gasteiger partial charge in [-0.05, 0) is 31.2 Å². The number of ether oxygens (including phenoxy) is 1. The lowest BCUT2D eigenvalue weighted by Gasteiger charge is -2.36. The molecular weight excluding hydrogens is 318 g/mol. The number of carbonyl (C=O) groups excluding carboxylic acids is 2. The van der Waals surface area contributed by atoms with E-state index in [1.807, 2.05) is 28.0 Å². The Bertz CT molecular complexity index is 628. The largest absolute Gasteiger partial charge is 0.448 e. The Morgan fingerprint density at radius 2 is 1.80 bits per heavy atom. The maximum absolute atomic E-state index is 12.8. The number of carbonyl (C=O) groups is 2.